The molecule has 2 fully saturated rings. The quantitative estimate of drug-likeness (QED) is 0.779. The van der Waals surface area contributed by atoms with Gasteiger partial charge in [-0.3, -0.25) is 0 Å². The molecule has 0 saturated carbocycles. The van der Waals surface area contributed by atoms with Gasteiger partial charge in [-0.05, 0) is 56.7 Å². The van der Waals surface area contributed by atoms with Gasteiger partial charge < -0.3 is 0 Å². The van der Waals surface area contributed by atoms with Crippen LogP contribution in [0.4, 0.5) is 0 Å². The average Bonchev–Trinajstić information content (AvgIpc) is 2.62. The smallest absolute Gasteiger partial charge is 0.207 e. The summed E-state index contributed by atoms with van der Waals surface area (Å²) >= 11 is 0. The van der Waals surface area contributed by atoms with Crippen LogP contribution in [0.1, 0.15) is 49.7 Å². The van der Waals surface area contributed by atoms with E-state index >= 15 is 0 Å². The fourth-order valence-corrected chi connectivity index (χ4v) is 7.43. The van der Waals surface area contributed by atoms with Crippen molar-refractivity contribution in [2.75, 3.05) is 26.2 Å². The zero-order valence-electron chi connectivity index (χ0n) is 15.6. The first-order valence-corrected chi connectivity index (χ1v) is 12.2. The van der Waals surface area contributed by atoms with Crippen LogP contribution in [-0.2, 0) is 20.0 Å². The molecule has 2 heterocycles. The number of benzene rings is 1. The van der Waals surface area contributed by atoms with E-state index in [-0.39, 0.29) is 9.79 Å². The molecule has 0 aliphatic carbocycles. The SMILES string of the molecule is Cc1cc(C)c(S(=O)(=O)N2CCCCC2)cc1S(=O)(=O)N1CCCCC1. The molecule has 2 aliphatic heterocycles. The van der Waals surface area contributed by atoms with E-state index in [2.05, 4.69) is 0 Å². The van der Waals surface area contributed by atoms with Gasteiger partial charge in [0.2, 0.25) is 20.0 Å². The summed E-state index contributed by atoms with van der Waals surface area (Å²) in [5, 5.41) is 0. The summed E-state index contributed by atoms with van der Waals surface area (Å²) in [6.45, 7) is 5.49. The Morgan fingerprint density at radius 2 is 0.962 bits per heavy atom. The number of rotatable bonds is 4. The van der Waals surface area contributed by atoms with Crippen molar-refractivity contribution in [1.82, 2.24) is 8.61 Å². The van der Waals surface area contributed by atoms with Crippen molar-refractivity contribution in [2.24, 2.45) is 0 Å². The molecule has 2 aliphatic rings. The Balaban J connectivity index is 2.04. The molecule has 0 bridgehead atoms. The third-order valence-electron chi connectivity index (χ3n) is 5.34. The molecule has 2 saturated heterocycles. The van der Waals surface area contributed by atoms with E-state index < -0.39 is 20.0 Å². The Bertz CT molecular complexity index is 797. The lowest BCUT2D eigenvalue weighted by molar-refractivity contribution is 0.345. The minimum Gasteiger partial charge on any atom is -0.207 e. The highest BCUT2D eigenvalue weighted by molar-refractivity contribution is 7.90. The largest absolute Gasteiger partial charge is 0.243 e. The number of hydrogen-bond acceptors (Lipinski definition) is 4. The molecule has 1 aromatic rings. The van der Waals surface area contributed by atoms with Crippen LogP contribution in [0.3, 0.4) is 0 Å². The minimum atomic E-state index is -3.67. The van der Waals surface area contributed by atoms with Crippen LogP contribution in [0.2, 0.25) is 0 Å². The predicted molar refractivity (Wildman–Crippen MR) is 101 cm³/mol. The molecule has 0 aromatic heterocycles. The lowest BCUT2D eigenvalue weighted by Crippen LogP contribution is -2.37. The second-order valence-electron chi connectivity index (χ2n) is 7.31. The maximum absolute atomic E-state index is 13.1. The zero-order valence-corrected chi connectivity index (χ0v) is 17.2. The summed E-state index contributed by atoms with van der Waals surface area (Å²) in [5.41, 5.74) is 1.20. The van der Waals surface area contributed by atoms with Crippen molar-refractivity contribution in [2.45, 2.75) is 62.2 Å². The van der Waals surface area contributed by atoms with Crippen molar-refractivity contribution in [3.63, 3.8) is 0 Å². The molecule has 1 aromatic carbocycles. The van der Waals surface area contributed by atoms with Crippen LogP contribution < -0.4 is 0 Å². The normalized spacial score (nSPS) is 21.0. The number of piperidine rings is 2. The van der Waals surface area contributed by atoms with E-state index in [0.717, 1.165) is 38.5 Å². The minimum absolute atomic E-state index is 0.126. The van der Waals surface area contributed by atoms with Gasteiger partial charge in [-0.2, -0.15) is 8.61 Å². The third-order valence-corrected chi connectivity index (χ3v) is 9.42. The van der Waals surface area contributed by atoms with Crippen LogP contribution in [0.15, 0.2) is 21.9 Å². The van der Waals surface area contributed by atoms with E-state index in [1.807, 2.05) is 0 Å². The van der Waals surface area contributed by atoms with E-state index in [0.29, 0.717) is 37.3 Å². The average molecular weight is 401 g/mol. The molecule has 6 nitrogen and oxygen atoms in total. The summed E-state index contributed by atoms with van der Waals surface area (Å²) in [4.78, 5) is 0.251. The summed E-state index contributed by atoms with van der Waals surface area (Å²) in [6.07, 6.45) is 5.47. The highest BCUT2D eigenvalue weighted by Crippen LogP contribution is 2.30. The van der Waals surface area contributed by atoms with Crippen molar-refractivity contribution < 1.29 is 16.8 Å². The monoisotopic (exact) mass is 400 g/mol. The lowest BCUT2D eigenvalue weighted by atomic mass is 10.2. The van der Waals surface area contributed by atoms with E-state index in [1.54, 1.807) is 19.9 Å². The van der Waals surface area contributed by atoms with Crippen LogP contribution in [0.25, 0.3) is 0 Å². The Kier molecular flexibility index (Phi) is 5.77. The van der Waals surface area contributed by atoms with Crippen molar-refractivity contribution >= 4 is 20.0 Å². The van der Waals surface area contributed by atoms with E-state index in [4.69, 9.17) is 0 Å². The third kappa shape index (κ3) is 3.69. The van der Waals surface area contributed by atoms with Gasteiger partial charge in [0.1, 0.15) is 0 Å². The first-order valence-electron chi connectivity index (χ1n) is 9.36. The zero-order chi connectivity index (χ0) is 18.9. The lowest BCUT2D eigenvalue weighted by Gasteiger charge is -2.28. The molecule has 146 valence electrons. The highest BCUT2D eigenvalue weighted by Gasteiger charge is 2.32. The standard InChI is InChI=1S/C18H28N2O4S2/c1-15-13-16(2)18(26(23,24)20-11-7-4-8-12-20)14-17(15)25(21,22)19-9-5-3-6-10-19/h13-14H,3-12H2,1-2H3. The molecule has 8 heteroatoms. The number of nitrogens with zero attached hydrogens (tertiary/aromatic N) is 2. The molecule has 0 unspecified atom stereocenters. The molecule has 0 radical (unpaired) electrons. The van der Waals surface area contributed by atoms with Gasteiger partial charge in [-0.25, -0.2) is 16.8 Å². The molecule has 0 atom stereocenters. The Morgan fingerprint density at radius 1 is 0.615 bits per heavy atom. The van der Waals surface area contributed by atoms with Gasteiger partial charge in [-0.1, -0.05) is 18.9 Å². The van der Waals surface area contributed by atoms with Gasteiger partial charge in [0.25, 0.3) is 0 Å². The molecule has 0 N–H and O–H groups in total. The Hall–Kier alpha value is -0.960. The van der Waals surface area contributed by atoms with Crippen LogP contribution >= 0.6 is 0 Å². The van der Waals surface area contributed by atoms with Crippen molar-refractivity contribution in [3.8, 4) is 0 Å². The first-order chi connectivity index (χ1) is 12.2. The maximum Gasteiger partial charge on any atom is 0.243 e. The van der Waals surface area contributed by atoms with Gasteiger partial charge >= 0.3 is 0 Å². The summed E-state index contributed by atoms with van der Waals surface area (Å²) in [6, 6.07) is 3.08. The van der Waals surface area contributed by atoms with E-state index in [1.165, 1.54) is 14.7 Å². The van der Waals surface area contributed by atoms with Crippen LogP contribution in [0.5, 0.6) is 0 Å². The maximum atomic E-state index is 13.1. The van der Waals surface area contributed by atoms with Gasteiger partial charge in [0, 0.05) is 26.2 Å². The first kappa shape index (κ1) is 19.8. The topological polar surface area (TPSA) is 74.8 Å². The van der Waals surface area contributed by atoms with Gasteiger partial charge in [-0.15, -0.1) is 0 Å². The molecular formula is C18H28N2O4S2. The van der Waals surface area contributed by atoms with Crippen molar-refractivity contribution in [1.29, 1.82) is 0 Å². The molecule has 26 heavy (non-hydrogen) atoms. The predicted octanol–water partition coefficient (Wildman–Crippen LogP) is 2.65. The van der Waals surface area contributed by atoms with Gasteiger partial charge in [0.05, 0.1) is 9.79 Å². The fourth-order valence-electron chi connectivity index (χ4n) is 3.86. The van der Waals surface area contributed by atoms with Crippen molar-refractivity contribution in [3.05, 3.63) is 23.3 Å². The number of aryl methyl sites for hydroxylation is 2. The summed E-state index contributed by atoms with van der Waals surface area (Å²) in [7, 11) is -7.35. The fraction of sp³-hybridized carbons (Fsp3) is 0.667. The number of sulfonamides is 2. The molecule has 0 amide bonds. The summed E-state index contributed by atoms with van der Waals surface area (Å²) in [5.74, 6) is 0. The van der Waals surface area contributed by atoms with Crippen LogP contribution in [0, 0.1) is 13.8 Å². The highest BCUT2D eigenvalue weighted by atomic mass is 32.2. The second kappa shape index (κ2) is 7.58. The molecule has 0 spiro atoms. The number of hydrogen-bond donors (Lipinski definition) is 0. The van der Waals surface area contributed by atoms with E-state index in [9.17, 15) is 16.8 Å². The molecule has 3 rings (SSSR count). The second-order valence-corrected chi connectivity index (χ2v) is 11.1. The Morgan fingerprint density at radius 3 is 1.31 bits per heavy atom. The Labute approximate surface area is 157 Å². The molecular weight excluding hydrogens is 372 g/mol. The van der Waals surface area contributed by atoms with Crippen LogP contribution in [-0.4, -0.2) is 51.6 Å². The van der Waals surface area contributed by atoms with Gasteiger partial charge in [0.15, 0.2) is 0 Å². The summed E-state index contributed by atoms with van der Waals surface area (Å²) < 4.78 is 55.4.